The Balaban J connectivity index is 1.63. The third-order valence-corrected chi connectivity index (χ3v) is 7.53. The first-order valence-corrected chi connectivity index (χ1v) is 10.5. The minimum atomic E-state index is -3.23. The Bertz CT molecular complexity index is 977. The van der Waals surface area contributed by atoms with Crippen LogP contribution in [0.4, 0.5) is 13.6 Å². The Morgan fingerprint density at radius 2 is 2.07 bits per heavy atom. The van der Waals surface area contributed by atoms with Gasteiger partial charge in [0.25, 0.3) is 0 Å². The normalized spacial score (nSPS) is 21.5. The van der Waals surface area contributed by atoms with Gasteiger partial charge in [0.15, 0.2) is 15.6 Å². The van der Waals surface area contributed by atoms with Crippen molar-refractivity contribution in [2.75, 3.05) is 13.1 Å². The van der Waals surface area contributed by atoms with Crippen LogP contribution in [0.15, 0.2) is 28.8 Å². The van der Waals surface area contributed by atoms with Crippen molar-refractivity contribution >= 4 is 15.9 Å². The number of urea groups is 1. The number of amides is 2. The zero-order valence-corrected chi connectivity index (χ0v) is 16.3. The van der Waals surface area contributed by atoms with Gasteiger partial charge in [-0.05, 0) is 25.5 Å². The van der Waals surface area contributed by atoms with E-state index in [-0.39, 0.29) is 31.0 Å². The quantitative estimate of drug-likeness (QED) is 0.832. The highest BCUT2D eigenvalue weighted by atomic mass is 32.2. The summed E-state index contributed by atoms with van der Waals surface area (Å²) in [5.41, 5.74) is 0.420. The topological polar surface area (TPSA) is 92.5 Å². The molecule has 2 heterocycles. The van der Waals surface area contributed by atoms with Crippen molar-refractivity contribution in [2.24, 2.45) is 0 Å². The van der Waals surface area contributed by atoms with E-state index in [4.69, 9.17) is 4.52 Å². The molecule has 1 fully saturated rings. The van der Waals surface area contributed by atoms with E-state index in [1.807, 2.05) is 0 Å². The first-order valence-electron chi connectivity index (χ1n) is 8.88. The molecule has 3 rings (SSSR count). The summed E-state index contributed by atoms with van der Waals surface area (Å²) in [6, 6.07) is 4.15. The lowest BCUT2D eigenvalue weighted by atomic mass is 10.1. The minimum Gasteiger partial charge on any atom is -0.356 e. The van der Waals surface area contributed by atoms with Gasteiger partial charge in [0.2, 0.25) is 0 Å². The highest BCUT2D eigenvalue weighted by Gasteiger charge is 2.39. The van der Waals surface area contributed by atoms with Crippen LogP contribution in [0.1, 0.15) is 26.0 Å². The van der Waals surface area contributed by atoms with Gasteiger partial charge in [-0.1, -0.05) is 12.1 Å². The van der Waals surface area contributed by atoms with Gasteiger partial charge in [0.1, 0.15) is 17.3 Å². The van der Waals surface area contributed by atoms with Gasteiger partial charge in [-0.25, -0.2) is 22.0 Å². The van der Waals surface area contributed by atoms with Crippen LogP contribution in [0.5, 0.6) is 0 Å². The molecule has 1 aromatic carbocycles. The van der Waals surface area contributed by atoms with E-state index >= 15 is 0 Å². The van der Waals surface area contributed by atoms with Crippen LogP contribution in [0.25, 0.3) is 11.3 Å². The van der Waals surface area contributed by atoms with E-state index in [0.717, 1.165) is 12.1 Å². The molecule has 0 spiro atoms. The first-order chi connectivity index (χ1) is 13.2. The van der Waals surface area contributed by atoms with Crippen LogP contribution in [-0.2, 0) is 16.4 Å². The van der Waals surface area contributed by atoms with Gasteiger partial charge in [0.05, 0.1) is 22.6 Å². The number of rotatable bonds is 4. The predicted molar refractivity (Wildman–Crippen MR) is 98.1 cm³/mol. The molecule has 1 saturated heterocycles. The highest BCUT2D eigenvalue weighted by Crippen LogP contribution is 2.24. The molecule has 1 N–H and O–H groups in total. The molecule has 2 amide bonds. The number of hydrogen-bond acceptors (Lipinski definition) is 5. The van der Waals surface area contributed by atoms with Gasteiger partial charge in [-0.15, -0.1) is 0 Å². The van der Waals surface area contributed by atoms with Crippen LogP contribution in [0, 0.1) is 11.6 Å². The Labute approximate surface area is 161 Å². The van der Waals surface area contributed by atoms with Crippen molar-refractivity contribution in [3.8, 4) is 11.3 Å². The van der Waals surface area contributed by atoms with Crippen LogP contribution < -0.4 is 5.32 Å². The van der Waals surface area contributed by atoms with Gasteiger partial charge >= 0.3 is 6.03 Å². The van der Waals surface area contributed by atoms with Gasteiger partial charge < -0.3 is 14.7 Å². The molecule has 152 valence electrons. The van der Waals surface area contributed by atoms with Crippen molar-refractivity contribution < 1.29 is 26.5 Å². The van der Waals surface area contributed by atoms with E-state index in [1.54, 1.807) is 13.8 Å². The lowest BCUT2D eigenvalue weighted by Gasteiger charge is -2.35. The van der Waals surface area contributed by atoms with E-state index in [2.05, 4.69) is 10.5 Å². The second-order valence-electron chi connectivity index (χ2n) is 6.80. The molecule has 1 aromatic heterocycles. The van der Waals surface area contributed by atoms with Gasteiger partial charge in [-0.3, -0.25) is 0 Å². The molecule has 1 aliphatic heterocycles. The maximum absolute atomic E-state index is 13.8. The molecule has 2 aromatic rings. The van der Waals surface area contributed by atoms with Gasteiger partial charge in [-0.2, -0.15) is 0 Å². The fourth-order valence-electron chi connectivity index (χ4n) is 3.18. The Morgan fingerprint density at radius 3 is 2.75 bits per heavy atom. The summed E-state index contributed by atoms with van der Waals surface area (Å²) in [5.74, 6) is -1.36. The predicted octanol–water partition coefficient (Wildman–Crippen LogP) is 2.73. The third-order valence-electron chi connectivity index (χ3n) is 4.85. The first kappa shape index (κ1) is 20.2. The number of carbonyl (C=O) groups excluding carboxylic acids is 1. The molecule has 2 atom stereocenters. The average molecular weight is 413 g/mol. The Hall–Kier alpha value is -2.49. The van der Waals surface area contributed by atoms with E-state index in [0.29, 0.717) is 12.1 Å². The molecule has 0 radical (unpaired) electrons. The van der Waals surface area contributed by atoms with Crippen LogP contribution in [0.2, 0.25) is 0 Å². The SMILES string of the molecule is CCC1CN(C(=O)NCc2cc(-c3ccc(F)cc3F)on2)CC(C)S1(=O)=O. The average Bonchev–Trinajstić information content (AvgIpc) is 3.10. The molecule has 2 unspecified atom stereocenters. The van der Waals surface area contributed by atoms with Crippen LogP contribution in [0.3, 0.4) is 0 Å². The van der Waals surface area contributed by atoms with E-state index < -0.39 is 38.0 Å². The van der Waals surface area contributed by atoms with Crippen molar-refractivity contribution in [1.82, 2.24) is 15.4 Å². The second kappa shape index (κ2) is 7.86. The lowest BCUT2D eigenvalue weighted by Crippen LogP contribution is -2.55. The maximum atomic E-state index is 13.8. The number of benzene rings is 1. The summed E-state index contributed by atoms with van der Waals surface area (Å²) in [4.78, 5) is 13.9. The molecule has 28 heavy (non-hydrogen) atoms. The number of hydrogen-bond donors (Lipinski definition) is 1. The monoisotopic (exact) mass is 413 g/mol. The zero-order chi connectivity index (χ0) is 20.5. The number of carbonyl (C=O) groups is 1. The number of aromatic nitrogens is 1. The summed E-state index contributed by atoms with van der Waals surface area (Å²) < 4.78 is 56.4. The summed E-state index contributed by atoms with van der Waals surface area (Å²) in [5, 5.41) is 5.23. The largest absolute Gasteiger partial charge is 0.356 e. The summed E-state index contributed by atoms with van der Waals surface area (Å²) in [6.07, 6.45) is 0.437. The minimum absolute atomic E-state index is 0.0274. The smallest absolute Gasteiger partial charge is 0.317 e. The summed E-state index contributed by atoms with van der Waals surface area (Å²) in [6.45, 7) is 3.66. The number of halogens is 2. The van der Waals surface area contributed by atoms with Crippen LogP contribution >= 0.6 is 0 Å². The van der Waals surface area contributed by atoms with Crippen molar-refractivity contribution in [2.45, 2.75) is 37.3 Å². The number of nitrogens with zero attached hydrogens (tertiary/aromatic N) is 2. The highest BCUT2D eigenvalue weighted by molar-refractivity contribution is 7.92. The fourth-order valence-corrected chi connectivity index (χ4v) is 5.08. The molecular formula is C18H21F2N3O4S. The molecule has 10 heteroatoms. The summed E-state index contributed by atoms with van der Waals surface area (Å²) >= 11 is 0. The third kappa shape index (κ3) is 4.01. The molecule has 0 saturated carbocycles. The standard InChI is InChI=1S/C18H21F2N3O4S/c1-3-14-10-23(9-11(2)28(14,25)26)18(24)21-8-13-7-17(27-22-13)15-5-4-12(19)6-16(15)20/h4-7,11,14H,3,8-10H2,1-2H3,(H,21,24). The fraction of sp³-hybridized carbons (Fsp3) is 0.444. The van der Waals surface area contributed by atoms with Crippen molar-refractivity contribution in [3.63, 3.8) is 0 Å². The molecule has 1 aliphatic rings. The maximum Gasteiger partial charge on any atom is 0.317 e. The van der Waals surface area contributed by atoms with Gasteiger partial charge in [0, 0.05) is 25.2 Å². The number of nitrogens with one attached hydrogen (secondary N) is 1. The van der Waals surface area contributed by atoms with Crippen molar-refractivity contribution in [1.29, 1.82) is 0 Å². The van der Waals surface area contributed by atoms with Crippen LogP contribution in [-0.4, -0.2) is 48.1 Å². The zero-order valence-electron chi connectivity index (χ0n) is 15.5. The summed E-state index contributed by atoms with van der Waals surface area (Å²) in [7, 11) is -3.23. The number of sulfone groups is 1. The van der Waals surface area contributed by atoms with Crippen molar-refractivity contribution in [3.05, 3.63) is 41.6 Å². The van der Waals surface area contributed by atoms with E-state index in [9.17, 15) is 22.0 Å². The Morgan fingerprint density at radius 1 is 1.32 bits per heavy atom. The second-order valence-corrected chi connectivity index (χ2v) is 9.45. The Kier molecular flexibility index (Phi) is 5.69. The molecule has 7 nitrogen and oxygen atoms in total. The lowest BCUT2D eigenvalue weighted by molar-refractivity contribution is 0.193. The van der Waals surface area contributed by atoms with E-state index in [1.165, 1.54) is 17.0 Å². The molecular weight excluding hydrogens is 392 g/mol. The molecule has 0 aliphatic carbocycles. The molecule has 0 bridgehead atoms.